The van der Waals surface area contributed by atoms with E-state index in [1.807, 2.05) is 0 Å². The highest BCUT2D eigenvalue weighted by molar-refractivity contribution is 5.35. The Morgan fingerprint density at radius 3 is 2.18 bits per heavy atom. The first kappa shape index (κ1) is 11.5. The minimum atomic E-state index is -1.29. The third-order valence-corrected chi connectivity index (χ3v) is 2.60. The van der Waals surface area contributed by atoms with E-state index in [1.165, 1.54) is 0 Å². The van der Waals surface area contributed by atoms with Crippen LogP contribution < -0.4 is 5.56 Å². The zero-order valence-corrected chi connectivity index (χ0v) is 9.14. The number of hydrogen-bond donors (Lipinski definition) is 1. The Balaban J connectivity index is 2.73. The van der Waals surface area contributed by atoms with Crippen LogP contribution in [-0.4, -0.2) is 9.78 Å². The quantitative estimate of drug-likeness (QED) is 0.765. The third kappa shape index (κ3) is 1.75. The van der Waals surface area contributed by atoms with Crippen LogP contribution in [0.15, 0.2) is 16.9 Å². The van der Waals surface area contributed by atoms with Crippen LogP contribution in [0.3, 0.4) is 0 Å². The fourth-order valence-corrected chi connectivity index (χ4v) is 1.48. The molecular formula is C11H9F3N2O. The smallest absolute Gasteiger partial charge is 0.274 e. The molecule has 0 unspecified atom stereocenters. The van der Waals surface area contributed by atoms with Gasteiger partial charge in [-0.1, -0.05) is 0 Å². The number of halogens is 3. The summed E-state index contributed by atoms with van der Waals surface area (Å²) < 4.78 is 40.1. The summed E-state index contributed by atoms with van der Waals surface area (Å²) in [5, 5.41) is 2.59. The predicted molar refractivity (Wildman–Crippen MR) is 55.7 cm³/mol. The molecule has 0 atom stereocenters. The fourth-order valence-electron chi connectivity index (χ4n) is 1.48. The highest BCUT2D eigenvalue weighted by atomic mass is 19.2. The molecule has 1 N–H and O–H groups in total. The van der Waals surface area contributed by atoms with Crippen LogP contribution in [0.5, 0.6) is 0 Å². The van der Waals surface area contributed by atoms with Crippen LogP contribution in [-0.2, 0) is 0 Å². The second-order valence-electron chi connectivity index (χ2n) is 3.72. The molecule has 0 aliphatic heterocycles. The maximum Gasteiger partial charge on any atom is 0.274 e. The van der Waals surface area contributed by atoms with Crippen molar-refractivity contribution < 1.29 is 13.2 Å². The Labute approximate surface area is 94.5 Å². The van der Waals surface area contributed by atoms with Gasteiger partial charge in [0.15, 0.2) is 17.5 Å². The molecule has 0 saturated carbocycles. The molecule has 0 spiro atoms. The molecule has 0 radical (unpaired) electrons. The van der Waals surface area contributed by atoms with Crippen molar-refractivity contribution in [2.45, 2.75) is 13.8 Å². The number of aromatic amines is 1. The van der Waals surface area contributed by atoms with Crippen molar-refractivity contribution in [2.75, 3.05) is 0 Å². The topological polar surface area (TPSA) is 37.8 Å². The molecule has 0 bridgehead atoms. The molecule has 0 amide bonds. The molecule has 2 aromatic rings. The first-order valence-corrected chi connectivity index (χ1v) is 4.85. The largest absolute Gasteiger partial charge is 0.295 e. The highest BCUT2D eigenvalue weighted by Gasteiger charge is 2.15. The monoisotopic (exact) mass is 242 g/mol. The van der Waals surface area contributed by atoms with Crippen LogP contribution >= 0.6 is 0 Å². The lowest BCUT2D eigenvalue weighted by molar-refractivity contribution is 0.491. The summed E-state index contributed by atoms with van der Waals surface area (Å²) in [6.07, 6.45) is 0. The minimum absolute atomic E-state index is 0.342. The molecule has 6 heteroatoms. The number of rotatable bonds is 1. The van der Waals surface area contributed by atoms with Gasteiger partial charge in [0, 0.05) is 23.4 Å². The van der Waals surface area contributed by atoms with E-state index in [2.05, 4.69) is 5.10 Å². The van der Waals surface area contributed by atoms with Crippen LogP contribution in [0.25, 0.3) is 5.69 Å². The van der Waals surface area contributed by atoms with Crippen LogP contribution in [0.2, 0.25) is 0 Å². The summed E-state index contributed by atoms with van der Waals surface area (Å²) in [5.41, 5.74) is 0.103. The SMILES string of the molecule is Cc1[nH]n(-c2cc(F)c(F)cc2F)c(=O)c1C. The second-order valence-corrected chi connectivity index (χ2v) is 3.72. The summed E-state index contributed by atoms with van der Waals surface area (Å²) in [6.45, 7) is 3.19. The van der Waals surface area contributed by atoms with Gasteiger partial charge in [-0.3, -0.25) is 9.89 Å². The van der Waals surface area contributed by atoms with Crippen LogP contribution in [0, 0.1) is 31.3 Å². The molecule has 0 saturated heterocycles. The molecule has 90 valence electrons. The van der Waals surface area contributed by atoms with Crippen molar-refractivity contribution in [2.24, 2.45) is 0 Å². The maximum absolute atomic E-state index is 13.5. The van der Waals surface area contributed by atoms with E-state index in [9.17, 15) is 18.0 Å². The Hall–Kier alpha value is -1.98. The molecule has 2 rings (SSSR count). The molecule has 1 heterocycles. The fraction of sp³-hybridized carbons (Fsp3) is 0.182. The summed E-state index contributed by atoms with van der Waals surface area (Å²) in [5.74, 6) is -3.51. The Morgan fingerprint density at radius 2 is 1.65 bits per heavy atom. The van der Waals surface area contributed by atoms with Crippen molar-refractivity contribution in [1.29, 1.82) is 0 Å². The first-order chi connectivity index (χ1) is 7.91. The van der Waals surface area contributed by atoms with Gasteiger partial charge in [0.1, 0.15) is 5.69 Å². The number of benzene rings is 1. The summed E-state index contributed by atoms with van der Waals surface area (Å²) in [4.78, 5) is 11.7. The standard InChI is InChI=1S/C11H9F3N2O/c1-5-6(2)15-16(11(5)17)10-4-8(13)7(12)3-9(10)14/h3-4,15H,1-2H3. The van der Waals surface area contributed by atoms with Crippen molar-refractivity contribution >= 4 is 0 Å². The Morgan fingerprint density at radius 1 is 1.06 bits per heavy atom. The molecule has 17 heavy (non-hydrogen) atoms. The zero-order chi connectivity index (χ0) is 12.7. The minimum Gasteiger partial charge on any atom is -0.295 e. The van der Waals surface area contributed by atoms with Gasteiger partial charge < -0.3 is 0 Å². The van der Waals surface area contributed by atoms with E-state index in [-0.39, 0.29) is 5.69 Å². The van der Waals surface area contributed by atoms with Crippen molar-refractivity contribution in [1.82, 2.24) is 9.78 Å². The Kier molecular flexibility index (Phi) is 2.57. The number of hydrogen-bond acceptors (Lipinski definition) is 1. The average Bonchev–Trinajstić information content (AvgIpc) is 2.51. The molecule has 0 aliphatic rings. The van der Waals surface area contributed by atoms with Crippen LogP contribution in [0.1, 0.15) is 11.3 Å². The maximum atomic E-state index is 13.5. The van der Waals surface area contributed by atoms with Crippen molar-refractivity contribution in [3.8, 4) is 5.69 Å². The van der Waals surface area contributed by atoms with Crippen molar-refractivity contribution in [3.63, 3.8) is 0 Å². The first-order valence-electron chi connectivity index (χ1n) is 4.85. The van der Waals surface area contributed by atoms with E-state index in [4.69, 9.17) is 0 Å². The lowest BCUT2D eigenvalue weighted by atomic mass is 10.2. The molecule has 3 nitrogen and oxygen atoms in total. The van der Waals surface area contributed by atoms with Gasteiger partial charge in [0.25, 0.3) is 5.56 Å². The summed E-state index contributed by atoms with van der Waals surface area (Å²) >= 11 is 0. The van der Waals surface area contributed by atoms with Gasteiger partial charge in [-0.2, -0.15) is 0 Å². The van der Waals surface area contributed by atoms with E-state index in [0.717, 1.165) is 4.68 Å². The van der Waals surface area contributed by atoms with Gasteiger partial charge in [-0.05, 0) is 13.8 Å². The summed E-state index contributed by atoms with van der Waals surface area (Å²) in [7, 11) is 0. The van der Waals surface area contributed by atoms with Gasteiger partial charge in [-0.15, -0.1) is 0 Å². The average molecular weight is 242 g/mol. The number of aromatic nitrogens is 2. The van der Waals surface area contributed by atoms with Gasteiger partial charge in [0.2, 0.25) is 0 Å². The summed E-state index contributed by atoms with van der Waals surface area (Å²) in [6, 6.07) is 1.05. The van der Waals surface area contributed by atoms with Gasteiger partial charge >= 0.3 is 0 Å². The van der Waals surface area contributed by atoms with Gasteiger partial charge in [-0.25, -0.2) is 17.9 Å². The van der Waals surface area contributed by atoms with E-state index in [0.29, 0.717) is 23.4 Å². The van der Waals surface area contributed by atoms with Gasteiger partial charge in [0.05, 0.1) is 0 Å². The molecule has 1 aromatic heterocycles. The van der Waals surface area contributed by atoms with E-state index in [1.54, 1.807) is 13.8 Å². The zero-order valence-electron chi connectivity index (χ0n) is 9.14. The lowest BCUT2D eigenvalue weighted by Crippen LogP contribution is -2.17. The van der Waals surface area contributed by atoms with Crippen molar-refractivity contribution in [3.05, 3.63) is 51.2 Å². The number of nitrogens with one attached hydrogen (secondary N) is 1. The highest BCUT2D eigenvalue weighted by Crippen LogP contribution is 2.16. The lowest BCUT2D eigenvalue weighted by Gasteiger charge is -2.04. The molecular weight excluding hydrogens is 233 g/mol. The van der Waals surface area contributed by atoms with E-state index < -0.39 is 23.0 Å². The second kappa shape index (κ2) is 3.80. The Bertz CT molecular complexity index is 643. The third-order valence-electron chi connectivity index (χ3n) is 2.60. The predicted octanol–water partition coefficient (Wildman–Crippen LogP) is 2.20. The number of nitrogens with zero attached hydrogens (tertiary/aromatic N) is 1. The number of H-pyrrole nitrogens is 1. The molecule has 0 fully saturated rings. The molecule has 0 aliphatic carbocycles. The van der Waals surface area contributed by atoms with Crippen LogP contribution in [0.4, 0.5) is 13.2 Å². The van der Waals surface area contributed by atoms with E-state index >= 15 is 0 Å². The normalized spacial score (nSPS) is 10.9. The molecule has 1 aromatic carbocycles. The number of aryl methyl sites for hydroxylation is 1.